The number of H-pyrrole nitrogens is 1. The summed E-state index contributed by atoms with van der Waals surface area (Å²) in [5.74, 6) is -1.12. The number of nitrogens with one attached hydrogen (secondary N) is 3. The number of aromatic nitrogens is 2. The van der Waals surface area contributed by atoms with Crippen LogP contribution in [0.1, 0.15) is 11.3 Å². The molecule has 1 amide bonds. The fourth-order valence-corrected chi connectivity index (χ4v) is 4.13. The summed E-state index contributed by atoms with van der Waals surface area (Å²) in [6.07, 6.45) is 0. The molecule has 15 nitrogen and oxygen atoms in total. The third kappa shape index (κ3) is 5.91. The number of hydrazone groups is 1. The number of carbonyl (C=O) groups excluding carboxylic acids is 1. The van der Waals surface area contributed by atoms with Gasteiger partial charge in [-0.05, 0) is 31.2 Å². The van der Waals surface area contributed by atoms with Gasteiger partial charge in [-0.25, -0.2) is 4.98 Å². The largest absolute Gasteiger partial charge is 0.320 e. The number of non-ortho nitro benzene ring substituents is 2. The van der Waals surface area contributed by atoms with Crippen molar-refractivity contribution in [3.63, 3.8) is 0 Å². The zero-order valence-corrected chi connectivity index (χ0v) is 20.6. The molecule has 0 unspecified atom stereocenters. The number of sulfonamides is 1. The van der Waals surface area contributed by atoms with Crippen molar-refractivity contribution in [3.8, 4) is 0 Å². The Hall–Kier alpha value is -5.51. The lowest BCUT2D eigenvalue weighted by atomic mass is 10.2. The van der Waals surface area contributed by atoms with Gasteiger partial charge < -0.3 is 10.3 Å². The second-order valence-corrected chi connectivity index (χ2v) is 9.66. The number of fused-ring (bicyclic) bond motifs is 1. The van der Waals surface area contributed by atoms with Gasteiger partial charge in [-0.2, -0.15) is 18.4 Å². The molecule has 0 saturated heterocycles. The Kier molecular flexibility index (Phi) is 7.12. The van der Waals surface area contributed by atoms with E-state index < -0.39 is 42.7 Å². The van der Waals surface area contributed by atoms with E-state index in [1.165, 1.54) is 36.4 Å². The van der Waals surface area contributed by atoms with Crippen LogP contribution in [0.25, 0.3) is 11.0 Å². The average Bonchev–Trinajstić information content (AvgIpc) is 2.89. The molecule has 0 saturated carbocycles. The smallest absolute Gasteiger partial charge is 0.278 e. The fourth-order valence-electron chi connectivity index (χ4n) is 3.32. The maximum atomic E-state index is 13.2. The Balaban J connectivity index is 1.80. The molecule has 0 aliphatic rings. The van der Waals surface area contributed by atoms with E-state index in [9.17, 15) is 38.2 Å². The molecule has 0 radical (unpaired) electrons. The summed E-state index contributed by atoms with van der Waals surface area (Å²) < 4.78 is 25.6. The van der Waals surface area contributed by atoms with Gasteiger partial charge in [0.15, 0.2) is 11.4 Å². The molecule has 0 fully saturated rings. The van der Waals surface area contributed by atoms with Gasteiger partial charge in [0.05, 0.1) is 25.8 Å². The van der Waals surface area contributed by atoms with Crippen molar-refractivity contribution in [1.29, 1.82) is 0 Å². The molecule has 3 aromatic carbocycles. The van der Waals surface area contributed by atoms with Crippen LogP contribution in [0.5, 0.6) is 0 Å². The maximum Gasteiger partial charge on any atom is 0.278 e. The number of amides is 1. The number of rotatable bonds is 8. The number of aryl methyl sites for hydroxylation is 1. The summed E-state index contributed by atoms with van der Waals surface area (Å²) in [6, 6.07) is 14.0. The third-order valence-corrected chi connectivity index (χ3v) is 6.47. The van der Waals surface area contributed by atoms with Gasteiger partial charge in [0.25, 0.3) is 32.9 Å². The normalized spacial score (nSPS) is 11.7. The first-order valence-corrected chi connectivity index (χ1v) is 12.3. The van der Waals surface area contributed by atoms with Crippen LogP contribution >= 0.6 is 0 Å². The number of carbonyl (C=O) groups is 1. The summed E-state index contributed by atoms with van der Waals surface area (Å²) in [6.45, 7) is 1.75. The highest BCUT2D eigenvalue weighted by molar-refractivity contribution is 7.89. The molecule has 0 aliphatic carbocycles. The number of nitrogens with zero attached hydrogens (tertiary/aromatic N) is 4. The highest BCUT2D eigenvalue weighted by atomic mass is 32.2. The highest BCUT2D eigenvalue weighted by Gasteiger charge is 2.24. The van der Waals surface area contributed by atoms with Gasteiger partial charge in [-0.15, -0.1) is 0 Å². The SMILES string of the molecule is Cc1ccc(S(=O)(=O)N/N=C(\C(=O)Nc2cccc([N+](=O)[O-])c2)c2nc3ccc([N+](=O)[O-])cc3[nH]c2=O)cc1. The standard InChI is InChI=1S/C23H17N7O8S/c1-13-5-8-17(9-6-13)39(37,38)28-27-21(23(32)24-14-3-2-4-15(11-14)29(33)34)20-22(31)26-19-12-16(30(35)36)7-10-18(19)25-20/h2-12,28H,1H3,(H,24,32)(H,26,31)/b27-21-. The third-order valence-electron chi connectivity index (χ3n) is 5.25. The second-order valence-electron chi connectivity index (χ2n) is 8.00. The minimum absolute atomic E-state index is 0.0170. The van der Waals surface area contributed by atoms with E-state index in [0.717, 1.165) is 23.8 Å². The summed E-state index contributed by atoms with van der Waals surface area (Å²) >= 11 is 0. The van der Waals surface area contributed by atoms with E-state index in [0.29, 0.717) is 0 Å². The van der Waals surface area contributed by atoms with Crippen molar-refractivity contribution >= 4 is 49.7 Å². The first kappa shape index (κ1) is 26.6. The van der Waals surface area contributed by atoms with Crippen molar-refractivity contribution in [2.24, 2.45) is 5.10 Å². The van der Waals surface area contributed by atoms with Crippen LogP contribution < -0.4 is 15.7 Å². The van der Waals surface area contributed by atoms with Crippen molar-refractivity contribution in [2.45, 2.75) is 11.8 Å². The van der Waals surface area contributed by atoms with Crippen molar-refractivity contribution < 1.29 is 23.1 Å². The zero-order valence-electron chi connectivity index (χ0n) is 19.8. The van der Waals surface area contributed by atoms with Crippen LogP contribution in [-0.2, 0) is 14.8 Å². The van der Waals surface area contributed by atoms with Gasteiger partial charge in [-0.1, -0.05) is 23.8 Å². The molecule has 0 atom stereocenters. The van der Waals surface area contributed by atoms with Crippen molar-refractivity contribution in [1.82, 2.24) is 14.8 Å². The van der Waals surface area contributed by atoms with Crippen LogP contribution in [0.15, 0.2) is 81.5 Å². The Bertz CT molecular complexity index is 1830. The molecular formula is C23H17N7O8S. The number of aromatic amines is 1. The molecule has 1 aromatic heterocycles. The van der Waals surface area contributed by atoms with Crippen LogP contribution in [0.3, 0.4) is 0 Å². The predicted octanol–water partition coefficient (Wildman–Crippen LogP) is 2.37. The van der Waals surface area contributed by atoms with E-state index in [1.54, 1.807) is 19.1 Å². The Morgan fingerprint density at radius 3 is 2.31 bits per heavy atom. The monoisotopic (exact) mass is 551 g/mol. The molecule has 4 aromatic rings. The molecule has 4 rings (SSSR count). The summed E-state index contributed by atoms with van der Waals surface area (Å²) in [4.78, 5) is 55.0. The lowest BCUT2D eigenvalue weighted by Gasteiger charge is -2.10. The lowest BCUT2D eigenvalue weighted by molar-refractivity contribution is -0.384. The number of nitro benzene ring substituents is 2. The van der Waals surface area contributed by atoms with Gasteiger partial charge in [0, 0.05) is 30.0 Å². The van der Waals surface area contributed by atoms with E-state index in [2.05, 4.69) is 20.4 Å². The van der Waals surface area contributed by atoms with Gasteiger partial charge in [0.1, 0.15) is 0 Å². The first-order valence-electron chi connectivity index (χ1n) is 10.9. The minimum atomic E-state index is -4.30. The van der Waals surface area contributed by atoms with Crippen LogP contribution in [0.2, 0.25) is 0 Å². The zero-order chi connectivity index (χ0) is 28.3. The topological polar surface area (TPSA) is 220 Å². The Morgan fingerprint density at radius 1 is 0.974 bits per heavy atom. The molecule has 16 heteroatoms. The van der Waals surface area contributed by atoms with Gasteiger partial charge in [-0.3, -0.25) is 29.8 Å². The molecule has 3 N–H and O–H groups in total. The van der Waals surface area contributed by atoms with Crippen LogP contribution in [0.4, 0.5) is 17.1 Å². The van der Waals surface area contributed by atoms with Crippen LogP contribution in [-0.4, -0.2) is 39.9 Å². The quantitative estimate of drug-likeness (QED) is 0.166. The predicted molar refractivity (Wildman–Crippen MR) is 139 cm³/mol. The molecular weight excluding hydrogens is 534 g/mol. The van der Waals surface area contributed by atoms with E-state index in [4.69, 9.17) is 0 Å². The molecule has 0 aliphatic heterocycles. The second kappa shape index (κ2) is 10.5. The van der Waals surface area contributed by atoms with Crippen molar-refractivity contribution in [3.05, 3.63) is 109 Å². The summed E-state index contributed by atoms with van der Waals surface area (Å²) in [5, 5.41) is 28.2. The number of nitro groups is 2. The van der Waals surface area contributed by atoms with E-state index >= 15 is 0 Å². The minimum Gasteiger partial charge on any atom is -0.320 e. The number of benzene rings is 3. The first-order chi connectivity index (χ1) is 18.4. The summed E-state index contributed by atoms with van der Waals surface area (Å²) in [7, 11) is -4.30. The van der Waals surface area contributed by atoms with E-state index in [-0.39, 0.29) is 33.0 Å². The number of hydrogen-bond acceptors (Lipinski definition) is 10. The maximum absolute atomic E-state index is 13.2. The van der Waals surface area contributed by atoms with Crippen molar-refractivity contribution in [2.75, 3.05) is 5.32 Å². The molecule has 0 spiro atoms. The number of hydrogen-bond donors (Lipinski definition) is 3. The molecule has 39 heavy (non-hydrogen) atoms. The highest BCUT2D eigenvalue weighted by Crippen LogP contribution is 2.19. The Labute approximate surface area is 218 Å². The molecule has 198 valence electrons. The Morgan fingerprint density at radius 2 is 1.64 bits per heavy atom. The molecule has 1 heterocycles. The van der Waals surface area contributed by atoms with Crippen LogP contribution in [0, 0.1) is 27.2 Å². The fraction of sp³-hybridized carbons (Fsp3) is 0.0435. The number of anilines is 1. The average molecular weight is 551 g/mol. The van der Waals surface area contributed by atoms with Gasteiger partial charge in [0.2, 0.25) is 0 Å². The summed E-state index contributed by atoms with van der Waals surface area (Å²) in [5.41, 5.74) is -2.30. The lowest BCUT2D eigenvalue weighted by Crippen LogP contribution is -2.33. The van der Waals surface area contributed by atoms with E-state index in [1.807, 2.05) is 4.83 Å². The van der Waals surface area contributed by atoms with Gasteiger partial charge >= 0.3 is 0 Å². The molecule has 0 bridgehead atoms.